The number of hydrogen-bond acceptors (Lipinski definition) is 5. The van der Waals surface area contributed by atoms with Crippen LogP contribution in [0, 0.1) is 6.92 Å². The molecule has 2 aromatic heterocycles. The van der Waals surface area contributed by atoms with Crippen molar-refractivity contribution >= 4 is 23.1 Å². The summed E-state index contributed by atoms with van der Waals surface area (Å²) in [6.07, 6.45) is 1.92. The standard InChI is InChI=1S/C19H30N6S/c1-6-20-19(24(5)13-17-14-26-15(4)23-17)22-12-16-9-10-18(21-11-16)25(7-2)8-3/h9-11,14H,6-8,12-13H2,1-5H3,(H,20,22). The topological polar surface area (TPSA) is 56.7 Å². The van der Waals surface area contributed by atoms with Crippen molar-refractivity contribution in [1.82, 2.24) is 20.2 Å². The van der Waals surface area contributed by atoms with E-state index in [0.717, 1.165) is 54.2 Å². The molecule has 6 nitrogen and oxygen atoms in total. The van der Waals surface area contributed by atoms with Gasteiger partial charge in [-0.05, 0) is 39.3 Å². The average Bonchev–Trinajstić information content (AvgIpc) is 3.05. The van der Waals surface area contributed by atoms with Gasteiger partial charge in [-0.2, -0.15) is 0 Å². The van der Waals surface area contributed by atoms with Crippen molar-refractivity contribution in [1.29, 1.82) is 0 Å². The summed E-state index contributed by atoms with van der Waals surface area (Å²) in [4.78, 5) is 18.2. The summed E-state index contributed by atoms with van der Waals surface area (Å²) in [6, 6.07) is 4.18. The van der Waals surface area contributed by atoms with Gasteiger partial charge in [0.15, 0.2) is 5.96 Å². The summed E-state index contributed by atoms with van der Waals surface area (Å²) in [5.74, 6) is 1.90. The van der Waals surface area contributed by atoms with E-state index < -0.39 is 0 Å². The largest absolute Gasteiger partial charge is 0.357 e. The first kappa shape index (κ1) is 20.2. The zero-order chi connectivity index (χ0) is 18.9. The van der Waals surface area contributed by atoms with Crippen LogP contribution in [-0.2, 0) is 13.1 Å². The van der Waals surface area contributed by atoms with Gasteiger partial charge in [0, 0.05) is 38.3 Å². The number of aliphatic imine (C=N–C) groups is 1. The monoisotopic (exact) mass is 374 g/mol. The number of aryl methyl sites for hydroxylation is 1. The van der Waals surface area contributed by atoms with Gasteiger partial charge in [0.25, 0.3) is 0 Å². The van der Waals surface area contributed by atoms with E-state index in [1.54, 1.807) is 11.3 Å². The minimum absolute atomic E-state index is 0.605. The Morgan fingerprint density at radius 3 is 2.54 bits per heavy atom. The second kappa shape index (κ2) is 10.1. The highest BCUT2D eigenvalue weighted by Crippen LogP contribution is 2.12. The summed E-state index contributed by atoms with van der Waals surface area (Å²) in [5.41, 5.74) is 2.18. The molecule has 26 heavy (non-hydrogen) atoms. The van der Waals surface area contributed by atoms with Gasteiger partial charge >= 0.3 is 0 Å². The first-order chi connectivity index (χ1) is 12.6. The Balaban J connectivity index is 2.03. The van der Waals surface area contributed by atoms with Gasteiger partial charge in [-0.15, -0.1) is 11.3 Å². The normalized spacial score (nSPS) is 11.5. The zero-order valence-electron chi connectivity index (χ0n) is 16.5. The number of thiazole rings is 1. The second-order valence-corrected chi connectivity index (χ2v) is 7.14. The van der Waals surface area contributed by atoms with Crippen molar-refractivity contribution in [3.63, 3.8) is 0 Å². The molecule has 0 bridgehead atoms. The molecule has 0 unspecified atom stereocenters. The van der Waals surface area contributed by atoms with Gasteiger partial charge < -0.3 is 15.1 Å². The summed E-state index contributed by atoms with van der Waals surface area (Å²) >= 11 is 1.68. The number of nitrogens with zero attached hydrogens (tertiary/aromatic N) is 5. The quantitative estimate of drug-likeness (QED) is 0.568. The molecule has 0 atom stereocenters. The van der Waals surface area contributed by atoms with E-state index in [1.165, 1.54) is 0 Å². The lowest BCUT2D eigenvalue weighted by Gasteiger charge is -2.21. The summed E-state index contributed by atoms with van der Waals surface area (Å²) in [7, 11) is 2.04. The molecule has 0 aromatic carbocycles. The third-order valence-corrected chi connectivity index (χ3v) is 4.89. The van der Waals surface area contributed by atoms with E-state index in [2.05, 4.69) is 63.4 Å². The Morgan fingerprint density at radius 2 is 2.00 bits per heavy atom. The second-order valence-electron chi connectivity index (χ2n) is 6.08. The molecule has 0 aliphatic heterocycles. The molecule has 2 rings (SSSR count). The highest BCUT2D eigenvalue weighted by molar-refractivity contribution is 7.09. The Hall–Kier alpha value is -2.15. The molecule has 2 heterocycles. The number of hydrogen-bond donors (Lipinski definition) is 1. The van der Waals surface area contributed by atoms with Crippen LogP contribution in [0.1, 0.15) is 37.0 Å². The van der Waals surface area contributed by atoms with Crippen molar-refractivity contribution in [3.05, 3.63) is 40.0 Å². The van der Waals surface area contributed by atoms with Crippen LogP contribution >= 0.6 is 11.3 Å². The van der Waals surface area contributed by atoms with Crippen LogP contribution in [0.3, 0.4) is 0 Å². The predicted octanol–water partition coefficient (Wildman–Crippen LogP) is 3.29. The Bertz CT molecular complexity index is 690. The van der Waals surface area contributed by atoms with Crippen LogP contribution in [0.25, 0.3) is 0 Å². The lowest BCUT2D eigenvalue weighted by Crippen LogP contribution is -2.38. The Kier molecular flexibility index (Phi) is 7.84. The summed E-state index contributed by atoms with van der Waals surface area (Å²) < 4.78 is 0. The van der Waals surface area contributed by atoms with Gasteiger partial charge in [0.1, 0.15) is 5.82 Å². The lowest BCUT2D eigenvalue weighted by molar-refractivity contribution is 0.471. The molecule has 0 saturated carbocycles. The van der Waals surface area contributed by atoms with E-state index in [-0.39, 0.29) is 0 Å². The Labute approximate surface area is 161 Å². The Morgan fingerprint density at radius 1 is 1.23 bits per heavy atom. The molecule has 0 aliphatic rings. The van der Waals surface area contributed by atoms with Crippen LogP contribution in [0.5, 0.6) is 0 Å². The number of guanidine groups is 1. The highest BCUT2D eigenvalue weighted by Gasteiger charge is 2.09. The number of anilines is 1. The third-order valence-electron chi connectivity index (χ3n) is 4.07. The van der Waals surface area contributed by atoms with Gasteiger partial charge in [0.05, 0.1) is 23.8 Å². The van der Waals surface area contributed by atoms with Crippen molar-refractivity contribution in [2.45, 2.75) is 40.8 Å². The maximum Gasteiger partial charge on any atom is 0.194 e. The van der Waals surface area contributed by atoms with Gasteiger partial charge in [-0.3, -0.25) is 0 Å². The van der Waals surface area contributed by atoms with Crippen molar-refractivity contribution in [2.24, 2.45) is 4.99 Å². The fourth-order valence-corrected chi connectivity index (χ4v) is 3.28. The molecular formula is C19H30N6S. The smallest absolute Gasteiger partial charge is 0.194 e. The molecule has 7 heteroatoms. The maximum atomic E-state index is 4.75. The fraction of sp³-hybridized carbons (Fsp3) is 0.526. The van der Waals surface area contributed by atoms with E-state index in [0.29, 0.717) is 6.54 Å². The zero-order valence-corrected chi connectivity index (χ0v) is 17.3. The van der Waals surface area contributed by atoms with Gasteiger partial charge in [-0.25, -0.2) is 15.0 Å². The van der Waals surface area contributed by atoms with Gasteiger partial charge in [-0.1, -0.05) is 6.07 Å². The highest BCUT2D eigenvalue weighted by atomic mass is 32.1. The van der Waals surface area contributed by atoms with Gasteiger partial charge in [0.2, 0.25) is 0 Å². The molecule has 0 spiro atoms. The lowest BCUT2D eigenvalue weighted by atomic mass is 10.3. The van der Waals surface area contributed by atoms with Crippen molar-refractivity contribution in [2.75, 3.05) is 31.6 Å². The average molecular weight is 375 g/mol. The van der Waals surface area contributed by atoms with E-state index in [4.69, 9.17) is 4.99 Å². The molecule has 0 saturated heterocycles. The molecular weight excluding hydrogens is 344 g/mol. The minimum Gasteiger partial charge on any atom is -0.357 e. The van der Waals surface area contributed by atoms with Crippen molar-refractivity contribution < 1.29 is 0 Å². The molecule has 142 valence electrons. The van der Waals surface area contributed by atoms with Crippen LogP contribution < -0.4 is 10.2 Å². The number of pyridine rings is 1. The van der Waals surface area contributed by atoms with Crippen molar-refractivity contribution in [3.8, 4) is 0 Å². The first-order valence-electron chi connectivity index (χ1n) is 9.17. The number of rotatable bonds is 8. The minimum atomic E-state index is 0.605. The summed E-state index contributed by atoms with van der Waals surface area (Å²) in [5, 5.41) is 6.55. The molecule has 0 radical (unpaired) electrons. The summed E-state index contributed by atoms with van der Waals surface area (Å²) in [6.45, 7) is 12.5. The maximum absolute atomic E-state index is 4.75. The van der Waals surface area contributed by atoms with E-state index in [1.807, 2.05) is 20.2 Å². The third kappa shape index (κ3) is 5.69. The number of nitrogens with one attached hydrogen (secondary N) is 1. The predicted molar refractivity (Wildman–Crippen MR) is 111 cm³/mol. The van der Waals surface area contributed by atoms with Crippen LogP contribution in [-0.4, -0.2) is 47.5 Å². The van der Waals surface area contributed by atoms with Crippen LogP contribution in [0.2, 0.25) is 0 Å². The fourth-order valence-electron chi connectivity index (χ4n) is 2.68. The molecule has 1 N–H and O–H groups in total. The van der Waals surface area contributed by atoms with Crippen LogP contribution in [0.4, 0.5) is 5.82 Å². The number of aromatic nitrogens is 2. The SMILES string of the molecule is CCNC(=NCc1ccc(N(CC)CC)nc1)N(C)Cc1csc(C)n1. The first-order valence-corrected chi connectivity index (χ1v) is 10.1. The molecule has 0 amide bonds. The molecule has 0 fully saturated rings. The molecule has 2 aromatic rings. The van der Waals surface area contributed by atoms with E-state index >= 15 is 0 Å². The van der Waals surface area contributed by atoms with E-state index in [9.17, 15) is 0 Å². The van der Waals surface area contributed by atoms with Crippen LogP contribution in [0.15, 0.2) is 28.7 Å². The molecule has 0 aliphatic carbocycles.